The first-order valence-electron chi connectivity index (χ1n) is 11.5. The SMILES string of the molecule is CC1(C)CC2(CCCCC2)N(C(=O)C2CCCCC2C(=O)O)Cc2ccccc21. The third-order valence-corrected chi connectivity index (χ3v) is 7.87. The monoisotopic (exact) mass is 397 g/mol. The van der Waals surface area contributed by atoms with Crippen LogP contribution in [0, 0.1) is 11.8 Å². The molecule has 4 nitrogen and oxygen atoms in total. The Morgan fingerprint density at radius 1 is 0.966 bits per heavy atom. The predicted molar refractivity (Wildman–Crippen MR) is 114 cm³/mol. The number of carboxylic acids is 1. The number of carbonyl (C=O) groups is 2. The third kappa shape index (κ3) is 3.71. The topological polar surface area (TPSA) is 57.6 Å². The van der Waals surface area contributed by atoms with Gasteiger partial charge in [0.25, 0.3) is 0 Å². The Bertz CT molecular complexity index is 778. The Morgan fingerprint density at radius 2 is 1.62 bits per heavy atom. The van der Waals surface area contributed by atoms with Gasteiger partial charge in [0.1, 0.15) is 0 Å². The highest BCUT2D eigenvalue weighted by atomic mass is 16.4. The average Bonchev–Trinajstić information content (AvgIpc) is 2.80. The van der Waals surface area contributed by atoms with Crippen molar-refractivity contribution in [3.8, 4) is 0 Å². The zero-order chi connectivity index (χ0) is 20.6. The number of amides is 1. The molecule has 0 bridgehead atoms. The van der Waals surface area contributed by atoms with Crippen LogP contribution < -0.4 is 0 Å². The van der Waals surface area contributed by atoms with Gasteiger partial charge in [-0.25, -0.2) is 0 Å². The van der Waals surface area contributed by atoms with Crippen LogP contribution in [0.4, 0.5) is 0 Å². The molecule has 158 valence electrons. The minimum Gasteiger partial charge on any atom is -0.481 e. The maximum Gasteiger partial charge on any atom is 0.307 e. The molecular formula is C25H35NO3. The molecule has 0 radical (unpaired) electrons. The second-order valence-electron chi connectivity index (χ2n) is 10.3. The first-order chi connectivity index (χ1) is 13.8. The van der Waals surface area contributed by atoms with Gasteiger partial charge in [0.05, 0.1) is 11.8 Å². The van der Waals surface area contributed by atoms with Crippen LogP contribution in [0.25, 0.3) is 0 Å². The number of benzene rings is 1. The molecule has 0 saturated heterocycles. The minimum absolute atomic E-state index is 0.00171. The number of hydrogen-bond acceptors (Lipinski definition) is 2. The quantitative estimate of drug-likeness (QED) is 0.737. The van der Waals surface area contributed by atoms with Gasteiger partial charge >= 0.3 is 5.97 Å². The van der Waals surface area contributed by atoms with E-state index >= 15 is 0 Å². The summed E-state index contributed by atoms with van der Waals surface area (Å²) in [5.74, 6) is -1.58. The maximum atomic E-state index is 14.0. The number of aliphatic carboxylic acids is 1. The van der Waals surface area contributed by atoms with Crippen LogP contribution in [0.1, 0.15) is 89.2 Å². The van der Waals surface area contributed by atoms with Crippen LogP contribution in [0.15, 0.2) is 24.3 Å². The van der Waals surface area contributed by atoms with Crippen LogP contribution in [0.5, 0.6) is 0 Å². The Labute approximate surface area is 174 Å². The van der Waals surface area contributed by atoms with E-state index in [1.807, 2.05) is 0 Å². The molecule has 2 fully saturated rings. The molecule has 1 aromatic carbocycles. The van der Waals surface area contributed by atoms with Crippen molar-refractivity contribution in [1.82, 2.24) is 4.90 Å². The zero-order valence-electron chi connectivity index (χ0n) is 18.0. The Morgan fingerprint density at radius 3 is 2.31 bits per heavy atom. The van der Waals surface area contributed by atoms with E-state index in [1.54, 1.807) is 0 Å². The number of rotatable bonds is 2. The average molecular weight is 398 g/mol. The Kier molecular flexibility index (Phi) is 5.48. The molecule has 1 N–H and O–H groups in total. The molecule has 2 saturated carbocycles. The molecule has 1 aromatic rings. The van der Waals surface area contributed by atoms with Gasteiger partial charge in [0, 0.05) is 12.1 Å². The van der Waals surface area contributed by atoms with Crippen molar-refractivity contribution in [3.05, 3.63) is 35.4 Å². The van der Waals surface area contributed by atoms with Crippen molar-refractivity contribution in [1.29, 1.82) is 0 Å². The van der Waals surface area contributed by atoms with Gasteiger partial charge in [-0.05, 0) is 48.6 Å². The summed E-state index contributed by atoms with van der Waals surface area (Å²) in [6, 6.07) is 8.56. The molecule has 0 aromatic heterocycles. The van der Waals surface area contributed by atoms with Crippen molar-refractivity contribution >= 4 is 11.9 Å². The molecule has 2 aliphatic carbocycles. The lowest BCUT2D eigenvalue weighted by atomic mass is 9.68. The second kappa shape index (κ2) is 7.77. The van der Waals surface area contributed by atoms with E-state index in [0.29, 0.717) is 19.4 Å². The van der Waals surface area contributed by atoms with Crippen LogP contribution in [-0.4, -0.2) is 27.4 Å². The van der Waals surface area contributed by atoms with Gasteiger partial charge in [-0.3, -0.25) is 9.59 Å². The Hall–Kier alpha value is -1.84. The first-order valence-corrected chi connectivity index (χ1v) is 11.5. The molecular weight excluding hydrogens is 362 g/mol. The summed E-state index contributed by atoms with van der Waals surface area (Å²) in [6.07, 6.45) is 9.83. The molecule has 2 unspecified atom stereocenters. The number of hydrogen-bond donors (Lipinski definition) is 1. The van der Waals surface area contributed by atoms with E-state index in [1.165, 1.54) is 17.5 Å². The molecule has 29 heavy (non-hydrogen) atoms. The summed E-state index contributed by atoms with van der Waals surface area (Å²) >= 11 is 0. The number of fused-ring (bicyclic) bond motifs is 1. The van der Waals surface area contributed by atoms with Crippen LogP contribution in [0.3, 0.4) is 0 Å². The number of carboxylic acid groups (broad SMARTS) is 1. The van der Waals surface area contributed by atoms with E-state index in [-0.39, 0.29) is 22.8 Å². The highest BCUT2D eigenvalue weighted by Gasteiger charge is 2.50. The molecule has 1 amide bonds. The Balaban J connectivity index is 1.76. The second-order valence-corrected chi connectivity index (χ2v) is 10.3. The molecule has 4 heteroatoms. The van der Waals surface area contributed by atoms with E-state index in [2.05, 4.69) is 43.0 Å². The summed E-state index contributed by atoms with van der Waals surface area (Å²) in [6.45, 7) is 5.26. The van der Waals surface area contributed by atoms with Crippen molar-refractivity contribution in [2.45, 2.75) is 95.6 Å². The van der Waals surface area contributed by atoms with E-state index in [9.17, 15) is 14.7 Å². The number of carbonyl (C=O) groups excluding carboxylic acids is 1. The van der Waals surface area contributed by atoms with E-state index in [0.717, 1.165) is 44.9 Å². The van der Waals surface area contributed by atoms with Crippen LogP contribution in [-0.2, 0) is 21.5 Å². The van der Waals surface area contributed by atoms with Gasteiger partial charge < -0.3 is 10.0 Å². The smallest absolute Gasteiger partial charge is 0.307 e. The molecule has 3 aliphatic rings. The fraction of sp³-hybridized carbons (Fsp3) is 0.680. The lowest BCUT2D eigenvalue weighted by molar-refractivity contribution is -0.157. The largest absolute Gasteiger partial charge is 0.481 e. The molecule has 4 rings (SSSR count). The standard InChI is InChI=1S/C25H35NO3/c1-24(2)17-25(14-8-3-9-15-25)26(16-18-10-4-7-13-21(18)24)22(27)19-11-5-6-12-20(19)23(28)29/h4,7,10,13,19-20H,3,5-6,8-9,11-12,14-17H2,1-2H3,(H,28,29). The lowest BCUT2D eigenvalue weighted by Gasteiger charge is -2.49. The van der Waals surface area contributed by atoms with Gasteiger partial charge in [-0.15, -0.1) is 0 Å². The summed E-state index contributed by atoms with van der Waals surface area (Å²) in [5.41, 5.74) is 2.44. The van der Waals surface area contributed by atoms with Gasteiger partial charge in [-0.2, -0.15) is 0 Å². The third-order valence-electron chi connectivity index (χ3n) is 7.87. The molecule has 2 atom stereocenters. The van der Waals surface area contributed by atoms with E-state index < -0.39 is 11.9 Å². The fourth-order valence-corrected chi connectivity index (χ4v) is 6.56. The summed E-state index contributed by atoms with van der Waals surface area (Å²) in [5, 5.41) is 9.78. The first kappa shape index (κ1) is 20.4. The zero-order valence-corrected chi connectivity index (χ0v) is 18.0. The van der Waals surface area contributed by atoms with Crippen molar-refractivity contribution in [2.75, 3.05) is 0 Å². The summed E-state index contributed by atoms with van der Waals surface area (Å²) < 4.78 is 0. The molecule has 1 spiro atoms. The van der Waals surface area contributed by atoms with Crippen LogP contribution >= 0.6 is 0 Å². The normalized spacial score (nSPS) is 28.4. The van der Waals surface area contributed by atoms with Gasteiger partial charge in [-0.1, -0.05) is 70.2 Å². The number of nitrogens with zero attached hydrogens (tertiary/aromatic N) is 1. The minimum atomic E-state index is -0.795. The van der Waals surface area contributed by atoms with Gasteiger partial charge in [0.15, 0.2) is 0 Å². The lowest BCUT2D eigenvalue weighted by Crippen LogP contribution is -2.56. The molecule has 1 aliphatic heterocycles. The fourth-order valence-electron chi connectivity index (χ4n) is 6.56. The maximum absolute atomic E-state index is 14.0. The van der Waals surface area contributed by atoms with Crippen molar-refractivity contribution in [3.63, 3.8) is 0 Å². The van der Waals surface area contributed by atoms with E-state index in [4.69, 9.17) is 0 Å². The van der Waals surface area contributed by atoms with Crippen molar-refractivity contribution in [2.24, 2.45) is 11.8 Å². The van der Waals surface area contributed by atoms with Gasteiger partial charge in [0.2, 0.25) is 5.91 Å². The van der Waals surface area contributed by atoms with Crippen molar-refractivity contribution < 1.29 is 14.7 Å². The summed E-state index contributed by atoms with van der Waals surface area (Å²) in [7, 11) is 0. The summed E-state index contributed by atoms with van der Waals surface area (Å²) in [4.78, 5) is 28.1. The highest BCUT2D eigenvalue weighted by Crippen LogP contribution is 2.49. The van der Waals surface area contributed by atoms with Crippen LogP contribution in [0.2, 0.25) is 0 Å². The highest BCUT2D eigenvalue weighted by molar-refractivity contribution is 5.85. The molecule has 1 heterocycles. The predicted octanol–water partition coefficient (Wildman–Crippen LogP) is 5.29.